The lowest BCUT2D eigenvalue weighted by molar-refractivity contribution is 0.0123. The number of amidine groups is 1. The van der Waals surface area contributed by atoms with Crippen molar-refractivity contribution >= 4 is 29.1 Å². The number of aryl methyl sites for hydroxylation is 1. The van der Waals surface area contributed by atoms with Gasteiger partial charge in [0, 0.05) is 31.0 Å². The van der Waals surface area contributed by atoms with E-state index in [9.17, 15) is 9.18 Å². The molecule has 2 aliphatic heterocycles. The molecule has 184 valence electrons. The fourth-order valence-electron chi connectivity index (χ4n) is 4.87. The van der Waals surface area contributed by atoms with E-state index in [1.165, 1.54) is 6.07 Å². The first-order valence-electron chi connectivity index (χ1n) is 11.8. The summed E-state index contributed by atoms with van der Waals surface area (Å²) in [6.45, 7) is 8.92. The van der Waals surface area contributed by atoms with Crippen molar-refractivity contribution in [1.29, 1.82) is 0 Å². The number of fused-ring (bicyclic) bond motifs is 3. The minimum atomic E-state index is -0.509. The number of pyridine rings is 2. The molecule has 0 spiro atoms. The maximum absolute atomic E-state index is 14.4. The Kier molecular flexibility index (Phi) is 5.61. The summed E-state index contributed by atoms with van der Waals surface area (Å²) in [6, 6.07) is 5.31. The van der Waals surface area contributed by atoms with Crippen LogP contribution in [-0.2, 0) is 4.74 Å². The molecule has 1 amide bonds. The second-order valence-corrected chi connectivity index (χ2v) is 10.2. The van der Waals surface area contributed by atoms with Gasteiger partial charge in [0.15, 0.2) is 17.3 Å². The second-order valence-electron chi connectivity index (χ2n) is 10.2. The van der Waals surface area contributed by atoms with E-state index in [1.807, 2.05) is 31.7 Å². The molecule has 5 rings (SSSR count). The second kappa shape index (κ2) is 8.51. The van der Waals surface area contributed by atoms with Gasteiger partial charge in [-0.2, -0.15) is 0 Å². The Balaban J connectivity index is 1.29. The predicted octanol–water partition coefficient (Wildman–Crippen LogP) is 3.80. The number of ether oxygens (including phenoxy) is 1. The molecule has 2 atom stereocenters. The van der Waals surface area contributed by atoms with Crippen molar-refractivity contribution in [2.75, 3.05) is 18.0 Å². The number of nitrogens with zero attached hydrogens (tertiary/aromatic N) is 6. The number of hydrogen-bond donors (Lipinski definition) is 1. The Morgan fingerprint density at radius 2 is 1.91 bits per heavy atom. The highest BCUT2D eigenvalue weighted by Gasteiger charge is 2.44. The van der Waals surface area contributed by atoms with E-state index in [0.717, 1.165) is 31.6 Å². The molecule has 2 bridgehead atoms. The van der Waals surface area contributed by atoms with E-state index in [4.69, 9.17) is 10.5 Å². The number of halogens is 1. The molecule has 2 fully saturated rings. The summed E-state index contributed by atoms with van der Waals surface area (Å²) in [5, 5.41) is 0. The van der Waals surface area contributed by atoms with Crippen LogP contribution in [0.15, 0.2) is 41.8 Å². The van der Waals surface area contributed by atoms with Gasteiger partial charge in [-0.3, -0.25) is 4.90 Å². The van der Waals surface area contributed by atoms with Crippen LogP contribution in [0.3, 0.4) is 0 Å². The Morgan fingerprint density at radius 1 is 1.20 bits per heavy atom. The number of piperazine rings is 1. The van der Waals surface area contributed by atoms with E-state index in [0.29, 0.717) is 17.1 Å². The van der Waals surface area contributed by atoms with E-state index < -0.39 is 11.4 Å². The van der Waals surface area contributed by atoms with Crippen molar-refractivity contribution in [3.8, 4) is 0 Å². The van der Waals surface area contributed by atoms with Crippen molar-refractivity contribution < 1.29 is 13.9 Å². The van der Waals surface area contributed by atoms with Gasteiger partial charge in [-0.05, 0) is 58.7 Å². The summed E-state index contributed by atoms with van der Waals surface area (Å²) < 4.78 is 21.6. The van der Waals surface area contributed by atoms with E-state index in [2.05, 4.69) is 19.9 Å². The van der Waals surface area contributed by atoms with Crippen LogP contribution >= 0.6 is 0 Å². The summed E-state index contributed by atoms with van der Waals surface area (Å²) in [4.78, 5) is 29.8. The molecule has 2 N–H and O–H groups in total. The first-order valence-corrected chi connectivity index (χ1v) is 11.8. The number of aromatic nitrogens is 3. The average Bonchev–Trinajstić information content (AvgIpc) is 3.29. The van der Waals surface area contributed by atoms with Crippen LogP contribution in [-0.4, -0.2) is 62.0 Å². The topological polar surface area (TPSA) is 101 Å². The number of aliphatic imine (C=N–C) groups is 1. The molecule has 3 aromatic rings. The minimum absolute atomic E-state index is 0.119. The molecule has 2 unspecified atom stereocenters. The predicted molar refractivity (Wildman–Crippen MR) is 132 cm³/mol. The molecule has 5 heterocycles. The number of amides is 1. The van der Waals surface area contributed by atoms with Gasteiger partial charge in [-0.1, -0.05) is 0 Å². The van der Waals surface area contributed by atoms with Gasteiger partial charge in [0.2, 0.25) is 0 Å². The number of carbonyl (C=O) groups is 1. The SMILES string of the molecule is Cc1cn2cc(C(N)=Nc3ccc(N4CC5CCC(C4)N5C(=O)OC(C)(C)C)cn3)cc(F)c2n1. The summed E-state index contributed by atoms with van der Waals surface area (Å²) >= 11 is 0. The molecule has 0 aromatic carbocycles. The first kappa shape index (κ1) is 23.1. The fourth-order valence-corrected chi connectivity index (χ4v) is 4.87. The monoisotopic (exact) mass is 479 g/mol. The summed E-state index contributed by atoms with van der Waals surface area (Å²) in [5.41, 5.74) is 8.03. The summed E-state index contributed by atoms with van der Waals surface area (Å²) in [6.07, 6.45) is 6.89. The maximum atomic E-state index is 14.4. The quantitative estimate of drug-likeness (QED) is 0.453. The number of imidazole rings is 1. The van der Waals surface area contributed by atoms with Crippen LogP contribution in [0.1, 0.15) is 44.9 Å². The van der Waals surface area contributed by atoms with Crippen LogP contribution in [0.25, 0.3) is 5.65 Å². The largest absolute Gasteiger partial charge is 0.444 e. The van der Waals surface area contributed by atoms with Crippen molar-refractivity contribution in [3.63, 3.8) is 0 Å². The molecule has 0 radical (unpaired) electrons. The Labute approximate surface area is 203 Å². The highest BCUT2D eigenvalue weighted by molar-refractivity contribution is 5.98. The van der Waals surface area contributed by atoms with Crippen LogP contribution in [0.5, 0.6) is 0 Å². The molecular weight excluding hydrogens is 449 g/mol. The van der Waals surface area contributed by atoms with Gasteiger partial charge < -0.3 is 19.8 Å². The third-order valence-electron chi connectivity index (χ3n) is 6.34. The Morgan fingerprint density at radius 3 is 2.54 bits per heavy atom. The van der Waals surface area contributed by atoms with Crippen molar-refractivity contribution in [2.24, 2.45) is 10.7 Å². The molecule has 10 heteroatoms. The molecule has 3 aromatic heterocycles. The number of anilines is 1. The van der Waals surface area contributed by atoms with Crippen LogP contribution in [0.2, 0.25) is 0 Å². The third kappa shape index (κ3) is 4.65. The molecule has 2 saturated heterocycles. The van der Waals surface area contributed by atoms with Crippen LogP contribution < -0.4 is 10.6 Å². The van der Waals surface area contributed by atoms with Gasteiger partial charge in [0.25, 0.3) is 0 Å². The number of carbonyl (C=O) groups excluding carboxylic acids is 1. The average molecular weight is 480 g/mol. The lowest BCUT2D eigenvalue weighted by Crippen LogP contribution is -2.56. The standard InChI is InChI=1S/C25H30FN7O2/c1-15-11-32-12-16(9-20(26)23(32)29-15)22(27)30-21-8-7-17(10-28-21)31-13-18-5-6-19(14-31)33(18)24(34)35-25(2,3)4/h7-12,18-19H,5-6,13-14H2,1-4H3,(H2,27,28,30). The molecule has 9 nitrogen and oxygen atoms in total. The lowest BCUT2D eigenvalue weighted by atomic mass is 10.1. The molecule has 35 heavy (non-hydrogen) atoms. The van der Waals surface area contributed by atoms with Crippen molar-refractivity contribution in [2.45, 2.75) is 58.2 Å². The van der Waals surface area contributed by atoms with Gasteiger partial charge in [0.1, 0.15) is 11.4 Å². The van der Waals surface area contributed by atoms with Crippen molar-refractivity contribution in [3.05, 3.63) is 53.9 Å². The zero-order chi connectivity index (χ0) is 24.9. The van der Waals surface area contributed by atoms with Gasteiger partial charge >= 0.3 is 6.09 Å². The molecule has 0 saturated carbocycles. The highest BCUT2D eigenvalue weighted by atomic mass is 19.1. The van der Waals surface area contributed by atoms with Gasteiger partial charge in [-0.25, -0.2) is 24.1 Å². The van der Waals surface area contributed by atoms with Crippen molar-refractivity contribution in [1.82, 2.24) is 19.3 Å². The summed E-state index contributed by atoms with van der Waals surface area (Å²) in [5.74, 6) is 0.141. The van der Waals surface area contributed by atoms with Crippen LogP contribution in [0, 0.1) is 12.7 Å². The minimum Gasteiger partial charge on any atom is -0.444 e. The highest BCUT2D eigenvalue weighted by Crippen LogP contribution is 2.34. The Bertz CT molecular complexity index is 1280. The molecule has 2 aliphatic rings. The zero-order valence-corrected chi connectivity index (χ0v) is 20.4. The smallest absolute Gasteiger partial charge is 0.410 e. The molecule has 0 aliphatic carbocycles. The third-order valence-corrected chi connectivity index (χ3v) is 6.34. The number of hydrogen-bond acceptors (Lipinski definition) is 6. The zero-order valence-electron chi connectivity index (χ0n) is 20.4. The lowest BCUT2D eigenvalue weighted by Gasteiger charge is -2.42. The van der Waals surface area contributed by atoms with Crippen LogP contribution in [0.4, 0.5) is 20.7 Å². The van der Waals surface area contributed by atoms with E-state index >= 15 is 0 Å². The van der Waals surface area contributed by atoms with Gasteiger partial charge in [-0.15, -0.1) is 0 Å². The van der Waals surface area contributed by atoms with Gasteiger partial charge in [0.05, 0.1) is 29.7 Å². The summed E-state index contributed by atoms with van der Waals surface area (Å²) in [7, 11) is 0. The fraction of sp³-hybridized carbons (Fsp3) is 0.440. The normalized spacial score (nSPS) is 20.5. The van der Waals surface area contributed by atoms with E-state index in [1.54, 1.807) is 36.0 Å². The maximum Gasteiger partial charge on any atom is 0.410 e. The van der Waals surface area contributed by atoms with E-state index in [-0.39, 0.29) is 29.7 Å². The number of nitrogens with two attached hydrogens (primary N) is 1. The molecular formula is C25H30FN7O2. The first-order chi connectivity index (χ1) is 16.6. The number of rotatable bonds is 3. The Hall–Kier alpha value is -3.69.